The largest absolute Gasteiger partial charge is 0.330 e. The number of benzene rings is 1. The Morgan fingerprint density at radius 3 is 2.56 bits per heavy atom. The summed E-state index contributed by atoms with van der Waals surface area (Å²) >= 11 is 0. The Kier molecular flexibility index (Phi) is 4.10. The Hall–Kier alpha value is -1.68. The molecular weight excluding hydrogens is 224 g/mol. The molecule has 0 fully saturated rings. The van der Waals surface area contributed by atoms with Crippen LogP contribution < -0.4 is 5.73 Å². The highest BCUT2D eigenvalue weighted by molar-refractivity contribution is 5.32. The Labute approximate surface area is 108 Å². The summed E-state index contributed by atoms with van der Waals surface area (Å²) in [6.07, 6.45) is 2.79. The van der Waals surface area contributed by atoms with Crippen molar-refractivity contribution in [2.24, 2.45) is 11.7 Å². The third-order valence-electron chi connectivity index (χ3n) is 3.01. The van der Waals surface area contributed by atoms with Crippen molar-refractivity contribution in [3.63, 3.8) is 0 Å². The van der Waals surface area contributed by atoms with E-state index in [-0.39, 0.29) is 5.92 Å². The maximum absolute atomic E-state index is 5.88. The summed E-state index contributed by atoms with van der Waals surface area (Å²) in [5.74, 6) is 1.81. The van der Waals surface area contributed by atoms with Crippen LogP contribution in [0.3, 0.4) is 0 Å². The summed E-state index contributed by atoms with van der Waals surface area (Å²) in [5.41, 5.74) is 6.96. The molecule has 1 atom stereocenters. The van der Waals surface area contributed by atoms with Crippen LogP contribution >= 0.6 is 0 Å². The molecule has 18 heavy (non-hydrogen) atoms. The van der Waals surface area contributed by atoms with Gasteiger partial charge in [-0.15, -0.1) is 10.2 Å². The molecule has 0 saturated carbocycles. The van der Waals surface area contributed by atoms with Gasteiger partial charge in [-0.1, -0.05) is 32.0 Å². The van der Waals surface area contributed by atoms with Crippen molar-refractivity contribution in [2.45, 2.75) is 26.2 Å². The minimum Gasteiger partial charge on any atom is -0.330 e. The number of nitrogens with zero attached hydrogens (tertiary/aromatic N) is 3. The molecule has 0 aliphatic heterocycles. The molecule has 0 aliphatic rings. The first-order chi connectivity index (χ1) is 8.72. The highest BCUT2D eigenvalue weighted by Gasteiger charge is 2.18. The summed E-state index contributed by atoms with van der Waals surface area (Å²) in [5, 5.41) is 8.28. The van der Waals surface area contributed by atoms with Gasteiger partial charge in [-0.05, 0) is 24.5 Å². The van der Waals surface area contributed by atoms with E-state index in [0.717, 1.165) is 17.9 Å². The van der Waals surface area contributed by atoms with Gasteiger partial charge >= 0.3 is 0 Å². The second kappa shape index (κ2) is 5.78. The standard InChI is InChI=1S/C14H20N4/c1-11(2)8-12(9-15)14-17-16-10-18(14)13-6-4-3-5-7-13/h3-7,10-12H,8-9,15H2,1-2H3. The molecule has 1 aromatic carbocycles. The van der Waals surface area contributed by atoms with Crippen LogP contribution in [0.5, 0.6) is 0 Å². The minimum absolute atomic E-state index is 0.257. The van der Waals surface area contributed by atoms with Gasteiger partial charge < -0.3 is 5.73 Å². The van der Waals surface area contributed by atoms with Crippen molar-refractivity contribution < 1.29 is 0 Å². The van der Waals surface area contributed by atoms with Crippen LogP contribution in [0.2, 0.25) is 0 Å². The molecule has 4 nitrogen and oxygen atoms in total. The third-order valence-corrected chi connectivity index (χ3v) is 3.01. The zero-order valence-electron chi connectivity index (χ0n) is 11.0. The number of nitrogens with two attached hydrogens (primary N) is 1. The third kappa shape index (κ3) is 2.76. The quantitative estimate of drug-likeness (QED) is 0.878. The number of para-hydroxylation sites is 1. The van der Waals surface area contributed by atoms with Gasteiger partial charge in [0, 0.05) is 18.2 Å². The Morgan fingerprint density at radius 1 is 1.22 bits per heavy atom. The van der Waals surface area contributed by atoms with Gasteiger partial charge in [0.2, 0.25) is 0 Å². The average molecular weight is 244 g/mol. The van der Waals surface area contributed by atoms with Gasteiger partial charge in [0.15, 0.2) is 0 Å². The smallest absolute Gasteiger partial charge is 0.141 e. The number of hydrogen-bond donors (Lipinski definition) is 1. The zero-order valence-corrected chi connectivity index (χ0v) is 11.0. The summed E-state index contributed by atoms with van der Waals surface area (Å²) in [6.45, 7) is 5.00. The van der Waals surface area contributed by atoms with Crippen molar-refractivity contribution in [1.29, 1.82) is 0 Å². The SMILES string of the molecule is CC(C)CC(CN)c1nncn1-c1ccccc1. The van der Waals surface area contributed by atoms with Crippen LogP contribution in [0.4, 0.5) is 0 Å². The average Bonchev–Trinajstić information content (AvgIpc) is 2.86. The van der Waals surface area contributed by atoms with Crippen molar-refractivity contribution in [2.75, 3.05) is 6.54 Å². The summed E-state index contributed by atoms with van der Waals surface area (Å²) < 4.78 is 2.03. The molecule has 2 N–H and O–H groups in total. The maximum Gasteiger partial charge on any atom is 0.141 e. The van der Waals surface area contributed by atoms with Gasteiger partial charge in [0.25, 0.3) is 0 Å². The normalized spacial score (nSPS) is 12.9. The lowest BCUT2D eigenvalue weighted by Gasteiger charge is -2.17. The minimum atomic E-state index is 0.257. The fourth-order valence-electron chi connectivity index (χ4n) is 2.19. The molecule has 2 aromatic rings. The molecule has 0 aliphatic carbocycles. The van der Waals surface area contributed by atoms with Crippen molar-refractivity contribution in [3.8, 4) is 5.69 Å². The van der Waals surface area contributed by atoms with E-state index in [1.54, 1.807) is 6.33 Å². The van der Waals surface area contributed by atoms with E-state index in [1.165, 1.54) is 0 Å². The van der Waals surface area contributed by atoms with Crippen molar-refractivity contribution in [3.05, 3.63) is 42.5 Å². The van der Waals surface area contributed by atoms with Gasteiger partial charge in [0.05, 0.1) is 0 Å². The van der Waals surface area contributed by atoms with E-state index in [9.17, 15) is 0 Å². The fourth-order valence-corrected chi connectivity index (χ4v) is 2.19. The summed E-state index contributed by atoms with van der Waals surface area (Å²) in [4.78, 5) is 0. The molecule has 4 heteroatoms. The molecule has 96 valence electrons. The predicted molar refractivity (Wildman–Crippen MR) is 72.6 cm³/mol. The lowest BCUT2D eigenvalue weighted by molar-refractivity contribution is 0.483. The molecule has 1 heterocycles. The second-order valence-electron chi connectivity index (χ2n) is 4.96. The molecule has 1 aromatic heterocycles. The first kappa shape index (κ1) is 12.8. The number of hydrogen-bond acceptors (Lipinski definition) is 3. The van der Waals surface area contributed by atoms with E-state index >= 15 is 0 Å². The first-order valence-corrected chi connectivity index (χ1v) is 6.37. The highest BCUT2D eigenvalue weighted by atomic mass is 15.3. The molecular formula is C14H20N4. The fraction of sp³-hybridized carbons (Fsp3) is 0.429. The summed E-state index contributed by atoms with van der Waals surface area (Å²) in [6, 6.07) is 10.1. The van der Waals surface area contributed by atoms with Gasteiger partial charge in [-0.3, -0.25) is 4.57 Å². The summed E-state index contributed by atoms with van der Waals surface area (Å²) in [7, 11) is 0. The van der Waals surface area contributed by atoms with Crippen LogP contribution in [0, 0.1) is 5.92 Å². The van der Waals surface area contributed by atoms with E-state index in [1.807, 2.05) is 22.8 Å². The Bertz CT molecular complexity index is 476. The van der Waals surface area contributed by atoms with Crippen LogP contribution in [-0.2, 0) is 0 Å². The topological polar surface area (TPSA) is 56.7 Å². The van der Waals surface area contributed by atoms with Crippen LogP contribution in [0.1, 0.15) is 32.0 Å². The molecule has 2 rings (SSSR count). The first-order valence-electron chi connectivity index (χ1n) is 6.37. The Balaban J connectivity index is 2.32. The second-order valence-corrected chi connectivity index (χ2v) is 4.96. The number of rotatable bonds is 5. The molecule has 0 radical (unpaired) electrons. The maximum atomic E-state index is 5.88. The van der Waals surface area contributed by atoms with Gasteiger partial charge in [0.1, 0.15) is 12.2 Å². The van der Waals surface area contributed by atoms with Crippen molar-refractivity contribution in [1.82, 2.24) is 14.8 Å². The Morgan fingerprint density at radius 2 is 1.94 bits per heavy atom. The lowest BCUT2D eigenvalue weighted by Crippen LogP contribution is -2.18. The van der Waals surface area contributed by atoms with Crippen LogP contribution in [0.15, 0.2) is 36.7 Å². The zero-order chi connectivity index (χ0) is 13.0. The molecule has 0 saturated heterocycles. The van der Waals surface area contributed by atoms with E-state index < -0.39 is 0 Å². The molecule has 0 bridgehead atoms. The van der Waals surface area contributed by atoms with Crippen molar-refractivity contribution >= 4 is 0 Å². The van der Waals surface area contributed by atoms with Gasteiger partial charge in [-0.2, -0.15) is 0 Å². The van der Waals surface area contributed by atoms with Gasteiger partial charge in [-0.25, -0.2) is 0 Å². The molecule has 1 unspecified atom stereocenters. The number of aromatic nitrogens is 3. The molecule has 0 amide bonds. The lowest BCUT2D eigenvalue weighted by atomic mass is 9.96. The monoisotopic (exact) mass is 244 g/mol. The molecule has 0 spiro atoms. The predicted octanol–water partition coefficient (Wildman–Crippen LogP) is 2.36. The van der Waals surface area contributed by atoms with E-state index in [4.69, 9.17) is 5.73 Å². The van der Waals surface area contributed by atoms with E-state index in [2.05, 4.69) is 36.2 Å². The van der Waals surface area contributed by atoms with Crippen LogP contribution in [0.25, 0.3) is 5.69 Å². The van der Waals surface area contributed by atoms with Crippen LogP contribution in [-0.4, -0.2) is 21.3 Å². The van der Waals surface area contributed by atoms with E-state index in [0.29, 0.717) is 12.5 Å². The highest BCUT2D eigenvalue weighted by Crippen LogP contribution is 2.23.